The standard InChI is InChI=1S/C11H17F3N4/c1-6(7(2)15)10-17-16-9-4-3-8(5-18(9)10)11(12,13)14/h6-8H,3-5,15H2,1-2H3. The summed E-state index contributed by atoms with van der Waals surface area (Å²) in [5, 5.41) is 7.97. The van der Waals surface area contributed by atoms with Gasteiger partial charge in [-0.1, -0.05) is 6.92 Å². The Hall–Kier alpha value is -1.11. The van der Waals surface area contributed by atoms with Crippen molar-refractivity contribution in [1.29, 1.82) is 0 Å². The summed E-state index contributed by atoms with van der Waals surface area (Å²) in [7, 11) is 0. The van der Waals surface area contributed by atoms with Gasteiger partial charge in [-0.25, -0.2) is 0 Å². The molecule has 2 rings (SSSR count). The van der Waals surface area contributed by atoms with E-state index in [-0.39, 0.29) is 24.9 Å². The molecule has 18 heavy (non-hydrogen) atoms. The Morgan fingerprint density at radius 3 is 2.56 bits per heavy atom. The Morgan fingerprint density at radius 1 is 1.33 bits per heavy atom. The fraction of sp³-hybridized carbons (Fsp3) is 0.818. The van der Waals surface area contributed by atoms with Crippen molar-refractivity contribution in [1.82, 2.24) is 14.8 Å². The van der Waals surface area contributed by atoms with Crippen LogP contribution in [0.25, 0.3) is 0 Å². The maximum atomic E-state index is 12.8. The van der Waals surface area contributed by atoms with E-state index in [2.05, 4.69) is 10.2 Å². The van der Waals surface area contributed by atoms with Crippen LogP contribution < -0.4 is 5.73 Å². The topological polar surface area (TPSA) is 56.7 Å². The van der Waals surface area contributed by atoms with E-state index in [9.17, 15) is 13.2 Å². The first-order valence-corrected chi connectivity index (χ1v) is 6.05. The van der Waals surface area contributed by atoms with Crippen LogP contribution in [0.2, 0.25) is 0 Å². The Labute approximate surface area is 103 Å². The molecule has 0 saturated heterocycles. The zero-order valence-corrected chi connectivity index (χ0v) is 10.4. The van der Waals surface area contributed by atoms with E-state index < -0.39 is 12.1 Å². The summed E-state index contributed by atoms with van der Waals surface area (Å²) in [6.45, 7) is 3.59. The predicted molar refractivity (Wildman–Crippen MR) is 60.0 cm³/mol. The van der Waals surface area contributed by atoms with Crippen LogP contribution >= 0.6 is 0 Å². The minimum atomic E-state index is -4.16. The zero-order chi connectivity index (χ0) is 13.5. The van der Waals surface area contributed by atoms with E-state index in [4.69, 9.17) is 5.73 Å². The molecule has 0 aromatic carbocycles. The first-order valence-electron chi connectivity index (χ1n) is 6.05. The van der Waals surface area contributed by atoms with E-state index in [1.807, 2.05) is 13.8 Å². The Morgan fingerprint density at radius 2 is 2.00 bits per heavy atom. The molecular formula is C11H17F3N4. The minimum Gasteiger partial charge on any atom is -0.327 e. The molecule has 3 atom stereocenters. The molecule has 3 unspecified atom stereocenters. The molecule has 2 heterocycles. The number of halogens is 3. The van der Waals surface area contributed by atoms with E-state index in [1.165, 1.54) is 0 Å². The monoisotopic (exact) mass is 262 g/mol. The van der Waals surface area contributed by atoms with Crippen LogP contribution in [0.15, 0.2) is 0 Å². The molecule has 4 nitrogen and oxygen atoms in total. The SMILES string of the molecule is CC(N)C(C)c1nnc2n1CC(C(F)(F)F)CC2. The number of alkyl halides is 3. The Balaban J connectivity index is 2.27. The van der Waals surface area contributed by atoms with Gasteiger partial charge in [-0.15, -0.1) is 10.2 Å². The summed E-state index contributed by atoms with van der Waals surface area (Å²) in [5.74, 6) is -0.204. The molecule has 0 bridgehead atoms. The molecule has 0 amide bonds. The van der Waals surface area contributed by atoms with Gasteiger partial charge in [0.25, 0.3) is 0 Å². The lowest BCUT2D eigenvalue weighted by Crippen LogP contribution is -2.34. The molecule has 0 spiro atoms. The number of nitrogens with two attached hydrogens (primary N) is 1. The Bertz CT molecular complexity index is 424. The second-order valence-corrected chi connectivity index (χ2v) is 5.01. The highest BCUT2D eigenvalue weighted by molar-refractivity contribution is 5.06. The van der Waals surface area contributed by atoms with Gasteiger partial charge in [0.2, 0.25) is 0 Å². The number of rotatable bonds is 2. The fourth-order valence-corrected chi connectivity index (χ4v) is 2.19. The zero-order valence-electron chi connectivity index (χ0n) is 10.4. The number of hydrogen-bond donors (Lipinski definition) is 1. The molecule has 1 aromatic rings. The number of hydrogen-bond acceptors (Lipinski definition) is 3. The summed E-state index contributed by atoms with van der Waals surface area (Å²) in [5.41, 5.74) is 5.78. The van der Waals surface area contributed by atoms with Crippen LogP contribution in [0.5, 0.6) is 0 Å². The summed E-state index contributed by atoms with van der Waals surface area (Å²) in [6, 6.07) is -0.162. The minimum absolute atomic E-state index is 0.0851. The van der Waals surface area contributed by atoms with Gasteiger partial charge in [0.05, 0.1) is 5.92 Å². The van der Waals surface area contributed by atoms with Crippen molar-refractivity contribution < 1.29 is 13.2 Å². The van der Waals surface area contributed by atoms with Crippen LogP contribution in [0.3, 0.4) is 0 Å². The quantitative estimate of drug-likeness (QED) is 0.885. The van der Waals surface area contributed by atoms with Gasteiger partial charge in [0.15, 0.2) is 0 Å². The van der Waals surface area contributed by atoms with Crippen LogP contribution in [0, 0.1) is 5.92 Å². The van der Waals surface area contributed by atoms with Gasteiger partial charge >= 0.3 is 6.18 Å². The van der Waals surface area contributed by atoms with Gasteiger partial charge in [-0.3, -0.25) is 0 Å². The van der Waals surface area contributed by atoms with Crippen molar-refractivity contribution in [3.05, 3.63) is 11.6 Å². The highest BCUT2D eigenvalue weighted by atomic mass is 19.4. The lowest BCUT2D eigenvalue weighted by Gasteiger charge is -2.27. The molecule has 0 saturated carbocycles. The Kier molecular flexibility index (Phi) is 3.35. The van der Waals surface area contributed by atoms with E-state index in [1.54, 1.807) is 4.57 Å². The highest BCUT2D eigenvalue weighted by Crippen LogP contribution is 2.35. The third-order valence-electron chi connectivity index (χ3n) is 3.63. The molecule has 1 aromatic heterocycles. The second kappa shape index (κ2) is 4.53. The van der Waals surface area contributed by atoms with Crippen molar-refractivity contribution >= 4 is 0 Å². The molecule has 2 N–H and O–H groups in total. The maximum absolute atomic E-state index is 12.8. The van der Waals surface area contributed by atoms with Crippen molar-refractivity contribution in [3.8, 4) is 0 Å². The highest BCUT2D eigenvalue weighted by Gasteiger charge is 2.42. The van der Waals surface area contributed by atoms with Crippen LogP contribution in [0.1, 0.15) is 37.8 Å². The third-order valence-corrected chi connectivity index (χ3v) is 3.63. The lowest BCUT2D eigenvalue weighted by molar-refractivity contribution is -0.182. The molecule has 102 valence electrons. The van der Waals surface area contributed by atoms with Gasteiger partial charge in [-0.05, 0) is 13.3 Å². The molecule has 1 aliphatic rings. The number of aryl methyl sites for hydroxylation is 1. The lowest BCUT2D eigenvalue weighted by atomic mass is 9.97. The number of fused-ring (bicyclic) bond motifs is 1. The predicted octanol–water partition coefficient (Wildman–Crippen LogP) is 1.85. The van der Waals surface area contributed by atoms with E-state index in [0.717, 1.165) is 0 Å². The van der Waals surface area contributed by atoms with Crippen molar-refractivity contribution in [2.75, 3.05) is 0 Å². The molecule has 0 aliphatic carbocycles. The third kappa shape index (κ3) is 2.36. The fourth-order valence-electron chi connectivity index (χ4n) is 2.19. The molecular weight excluding hydrogens is 245 g/mol. The van der Waals surface area contributed by atoms with Crippen molar-refractivity contribution in [3.63, 3.8) is 0 Å². The van der Waals surface area contributed by atoms with Crippen molar-refractivity contribution in [2.45, 2.75) is 51.4 Å². The number of aromatic nitrogens is 3. The van der Waals surface area contributed by atoms with Crippen LogP contribution in [-0.2, 0) is 13.0 Å². The van der Waals surface area contributed by atoms with E-state index in [0.29, 0.717) is 18.1 Å². The smallest absolute Gasteiger partial charge is 0.327 e. The maximum Gasteiger partial charge on any atom is 0.393 e. The van der Waals surface area contributed by atoms with Crippen LogP contribution in [-0.4, -0.2) is 27.0 Å². The summed E-state index contributed by atoms with van der Waals surface area (Å²) in [4.78, 5) is 0. The molecule has 0 fully saturated rings. The van der Waals surface area contributed by atoms with Gasteiger partial charge in [-0.2, -0.15) is 13.2 Å². The van der Waals surface area contributed by atoms with Crippen LogP contribution in [0.4, 0.5) is 13.2 Å². The number of nitrogens with zero attached hydrogens (tertiary/aromatic N) is 3. The first kappa shape index (κ1) is 13.3. The van der Waals surface area contributed by atoms with Gasteiger partial charge < -0.3 is 10.3 Å². The average Bonchev–Trinajstić information content (AvgIpc) is 2.69. The summed E-state index contributed by atoms with van der Waals surface area (Å²) >= 11 is 0. The molecule has 0 radical (unpaired) electrons. The first-order chi connectivity index (χ1) is 8.30. The van der Waals surface area contributed by atoms with Gasteiger partial charge in [0, 0.05) is 24.9 Å². The van der Waals surface area contributed by atoms with Crippen molar-refractivity contribution in [2.24, 2.45) is 11.7 Å². The largest absolute Gasteiger partial charge is 0.393 e. The average molecular weight is 262 g/mol. The second-order valence-electron chi connectivity index (χ2n) is 5.01. The molecule has 7 heteroatoms. The summed E-state index contributed by atoms with van der Waals surface area (Å²) < 4.78 is 39.9. The molecule has 1 aliphatic heterocycles. The van der Waals surface area contributed by atoms with E-state index >= 15 is 0 Å². The van der Waals surface area contributed by atoms with Gasteiger partial charge in [0.1, 0.15) is 11.6 Å². The summed E-state index contributed by atoms with van der Waals surface area (Å²) in [6.07, 6.45) is -3.74. The normalized spacial score (nSPS) is 23.6.